The Morgan fingerprint density at radius 3 is 0.756 bits per heavy atom. The van der Waals surface area contributed by atoms with Gasteiger partial charge in [0.2, 0.25) is 5.91 Å². The molecule has 39 nitrogen and oxygen atoms in total. The molecule has 21 fully saturated rings. The molecular formula is C51H86N2O37. The van der Waals surface area contributed by atoms with Gasteiger partial charge in [-0.2, -0.15) is 0 Å². The summed E-state index contributed by atoms with van der Waals surface area (Å²) in [6.45, 7) is -2.42. The SMILES string of the molecule is CC(C)(C)OC(=O)CC[C@H](N)C(=O)NC[C@H]1O[C@@H]2O[C@H]3[C@H](O)[C@@H](O)[C@@H](O[C@H]4[C@H](O)[C@@H](O)[C@@H](O[C@H]5[C@H](O)[C@@H](O)[C@@H](O[C@H]6[C@H](O)[C@@H](O)[C@@H](O[C@H]7[C@H](O)[C@@H](O)[C@@H](O[C@H]8[C@H](O)[C@@H](O)[C@@H](O[C@H]1[C@H](O)[C@H]2O)O[C@@H]8CO)O[C@@H]7CO)O[C@@H]6CO)O[C@@H]5CO)O[C@@H]4CO)O[C@@H]3CO. The highest BCUT2D eigenvalue weighted by Gasteiger charge is 2.60. The van der Waals surface area contributed by atoms with Crippen molar-refractivity contribution in [2.75, 3.05) is 46.2 Å². The second-order valence-electron chi connectivity index (χ2n) is 23.9. The van der Waals surface area contributed by atoms with E-state index in [0.29, 0.717) is 0 Å². The molecule has 522 valence electrons. The first kappa shape index (κ1) is 73.4. The lowest BCUT2D eigenvalue weighted by atomic mass is 9.95. The van der Waals surface area contributed by atoms with Gasteiger partial charge in [0.1, 0.15) is 177 Å². The minimum Gasteiger partial charge on any atom is -0.460 e. The van der Waals surface area contributed by atoms with Crippen molar-refractivity contribution in [1.82, 2.24) is 5.32 Å². The van der Waals surface area contributed by atoms with Crippen molar-refractivity contribution in [1.29, 1.82) is 0 Å². The van der Waals surface area contributed by atoms with Crippen LogP contribution in [0.15, 0.2) is 0 Å². The highest BCUT2D eigenvalue weighted by Crippen LogP contribution is 2.39. The second-order valence-corrected chi connectivity index (χ2v) is 23.9. The van der Waals surface area contributed by atoms with Gasteiger partial charge in [-0.05, 0) is 27.2 Å². The summed E-state index contributed by atoms with van der Waals surface area (Å²) >= 11 is 0. The van der Waals surface area contributed by atoms with Gasteiger partial charge in [-0.25, -0.2) is 0 Å². The Kier molecular flexibility index (Phi) is 25.4. The minimum absolute atomic E-state index is 0.258. The molecule has 1 amide bonds. The molecular weight excluding hydrogens is 1230 g/mol. The van der Waals surface area contributed by atoms with E-state index >= 15 is 0 Å². The fourth-order valence-electron chi connectivity index (χ4n) is 11.6. The molecule has 0 aromatic heterocycles. The average molecular weight is 1320 g/mol. The van der Waals surface area contributed by atoms with Crippen LogP contribution in [0, 0.1) is 0 Å². The number of carbonyl (C=O) groups is 2. The molecule has 0 spiro atoms. The molecule has 21 heterocycles. The molecule has 21 rings (SSSR count). The van der Waals surface area contributed by atoms with E-state index in [1.165, 1.54) is 0 Å². The molecule has 0 saturated carbocycles. The Bertz CT molecular complexity index is 2250. The number of hydrogen-bond acceptors (Lipinski definition) is 38. The van der Waals surface area contributed by atoms with Gasteiger partial charge in [-0.15, -0.1) is 0 Å². The summed E-state index contributed by atoms with van der Waals surface area (Å²) in [4.78, 5) is 25.9. The third kappa shape index (κ3) is 15.8. The first-order valence-corrected chi connectivity index (χ1v) is 29.1. The summed E-state index contributed by atoms with van der Waals surface area (Å²) in [5, 5.41) is 226. The van der Waals surface area contributed by atoms with Gasteiger partial charge in [-0.3, -0.25) is 9.59 Å². The van der Waals surface area contributed by atoms with Crippen LogP contribution in [0.5, 0.6) is 0 Å². The van der Waals surface area contributed by atoms with E-state index in [4.69, 9.17) is 76.8 Å². The van der Waals surface area contributed by atoms with Crippen molar-refractivity contribution >= 4 is 11.9 Å². The molecule has 23 N–H and O–H groups in total. The number of ether oxygens (including phenoxy) is 15. The number of esters is 1. The summed E-state index contributed by atoms with van der Waals surface area (Å²) in [5.41, 5.74) is 5.22. The molecule has 21 saturated heterocycles. The fraction of sp³-hybridized carbons (Fsp3) is 0.961. The van der Waals surface area contributed by atoms with Crippen LogP contribution in [-0.4, -0.2) is 387 Å². The van der Waals surface area contributed by atoms with Gasteiger partial charge in [0.25, 0.3) is 0 Å². The minimum atomic E-state index is -2.31. The smallest absolute Gasteiger partial charge is 0.306 e. The van der Waals surface area contributed by atoms with E-state index in [0.717, 1.165) is 0 Å². The lowest BCUT2D eigenvalue weighted by molar-refractivity contribution is -0.396. The first-order valence-electron chi connectivity index (χ1n) is 29.1. The Morgan fingerprint density at radius 1 is 0.356 bits per heavy atom. The van der Waals surface area contributed by atoms with Gasteiger partial charge < -0.3 is 184 Å². The Morgan fingerprint density at radius 2 is 0.556 bits per heavy atom. The highest BCUT2D eigenvalue weighted by molar-refractivity contribution is 5.82. The maximum atomic E-state index is 13.4. The summed E-state index contributed by atoms with van der Waals surface area (Å²) in [7, 11) is 0. The van der Waals surface area contributed by atoms with Crippen LogP contribution in [0.1, 0.15) is 33.6 Å². The first-order chi connectivity index (χ1) is 42.5. The number of nitrogens with one attached hydrogen (secondary N) is 1. The number of aliphatic hydroxyl groups excluding tert-OH is 20. The fourth-order valence-corrected chi connectivity index (χ4v) is 11.6. The molecule has 0 aromatic rings. The summed E-state index contributed by atoms with van der Waals surface area (Å²) < 4.78 is 86.1. The molecule has 14 bridgehead atoms. The van der Waals surface area contributed by atoms with Crippen LogP contribution in [-0.2, 0) is 80.6 Å². The lowest BCUT2D eigenvalue weighted by Gasteiger charge is -2.50. The maximum absolute atomic E-state index is 13.4. The largest absolute Gasteiger partial charge is 0.460 e. The van der Waals surface area contributed by atoms with Crippen molar-refractivity contribution < 1.29 is 183 Å². The van der Waals surface area contributed by atoms with Crippen molar-refractivity contribution in [2.24, 2.45) is 5.73 Å². The van der Waals surface area contributed by atoms with Gasteiger partial charge in [0, 0.05) is 13.0 Å². The molecule has 90 heavy (non-hydrogen) atoms. The van der Waals surface area contributed by atoms with Crippen molar-refractivity contribution in [3.8, 4) is 0 Å². The maximum Gasteiger partial charge on any atom is 0.306 e. The average Bonchev–Trinajstić information content (AvgIpc) is 0.831. The highest BCUT2D eigenvalue weighted by atomic mass is 16.8. The Balaban J connectivity index is 1.09. The molecule has 0 aromatic carbocycles. The standard InChI is InChI=1S/C51H86N2O37/c1-51(2,3)90-21(60)5-4-13(52)43(75)53-6-14-36-22(61)29(68)44(76-14)84-37-15(7-54)78-46(31(70)24(37)63)86-39-17(9-56)80-48(33(72)26(39)65)88-41-19(11-58)82-50(35(74)28(41)67)89-42-20(12-59)81-49(34(73)27(42)66)87-40-18(10-57)79-47(32(71)25(40)64)85-38-16(8-55)77-45(83-36)30(69)23(38)62/h13-20,22-42,44-50,54-59,61-74H,4-12,52H2,1-3H3,(H,53,75)/t13-,14+,15+,16+,17+,18+,19+,20+,22+,23+,24+,25+,26+,27+,28+,29+,30+,31+,32+,33+,34+,35+,36+,37+,38+,39+,40+,41+,42+,44+,45+,46+,47+,48+,49+,50+/m0/s1. The van der Waals surface area contributed by atoms with Crippen LogP contribution in [0.3, 0.4) is 0 Å². The third-order valence-electron chi connectivity index (χ3n) is 16.5. The summed E-state index contributed by atoms with van der Waals surface area (Å²) in [6, 6.07) is -1.40. The predicted molar refractivity (Wildman–Crippen MR) is 277 cm³/mol. The van der Waals surface area contributed by atoms with E-state index in [1.807, 2.05) is 0 Å². The number of carbonyl (C=O) groups excluding carboxylic acids is 2. The van der Waals surface area contributed by atoms with E-state index in [1.54, 1.807) is 20.8 Å². The van der Waals surface area contributed by atoms with E-state index in [-0.39, 0.29) is 12.8 Å². The summed E-state index contributed by atoms with van der Waals surface area (Å²) in [6.07, 6.45) is -72.9. The van der Waals surface area contributed by atoms with Crippen LogP contribution >= 0.6 is 0 Å². The monoisotopic (exact) mass is 1320 g/mol. The number of aliphatic hydroxyl groups is 20. The van der Waals surface area contributed by atoms with Gasteiger partial charge >= 0.3 is 5.97 Å². The van der Waals surface area contributed by atoms with E-state index in [2.05, 4.69) is 5.32 Å². The summed E-state index contributed by atoms with van der Waals surface area (Å²) in [5.74, 6) is -1.63. The number of amides is 1. The second kappa shape index (κ2) is 31.2. The lowest BCUT2D eigenvalue weighted by Crippen LogP contribution is -2.68. The van der Waals surface area contributed by atoms with Gasteiger partial charge in [0.15, 0.2) is 44.0 Å². The molecule has 0 aliphatic carbocycles. The number of nitrogens with two attached hydrogens (primary N) is 1. The molecule has 0 radical (unpaired) electrons. The molecule has 21 aliphatic heterocycles. The van der Waals surface area contributed by atoms with Crippen LogP contribution in [0.4, 0.5) is 0 Å². The van der Waals surface area contributed by atoms with Crippen molar-refractivity contribution in [2.45, 2.75) is 260 Å². The molecule has 39 heteroatoms. The zero-order chi connectivity index (χ0) is 66.1. The van der Waals surface area contributed by atoms with Crippen molar-refractivity contribution in [3.05, 3.63) is 0 Å². The van der Waals surface area contributed by atoms with E-state index in [9.17, 15) is 112 Å². The predicted octanol–water partition coefficient (Wildman–Crippen LogP) is -14.7. The zero-order valence-electron chi connectivity index (χ0n) is 48.6. The quantitative estimate of drug-likeness (QED) is 0.0807. The number of hydrogen-bond donors (Lipinski definition) is 22. The number of rotatable bonds is 12. The Labute approximate surface area is 511 Å². The zero-order valence-corrected chi connectivity index (χ0v) is 48.6. The third-order valence-corrected chi connectivity index (χ3v) is 16.5. The topological polar surface area (TPSA) is 615 Å². The van der Waals surface area contributed by atoms with E-state index < -0.39 is 285 Å². The van der Waals surface area contributed by atoms with Gasteiger partial charge in [0.05, 0.1) is 45.7 Å². The van der Waals surface area contributed by atoms with Crippen LogP contribution < -0.4 is 11.1 Å². The Hall–Kier alpha value is -2.46. The van der Waals surface area contributed by atoms with Crippen LogP contribution in [0.2, 0.25) is 0 Å². The van der Waals surface area contributed by atoms with Crippen molar-refractivity contribution in [3.63, 3.8) is 0 Å². The normalized spacial score (nSPS) is 49.5. The molecule has 36 atom stereocenters. The molecule has 0 unspecified atom stereocenters. The molecule has 21 aliphatic rings. The van der Waals surface area contributed by atoms with Crippen LogP contribution in [0.25, 0.3) is 0 Å². The van der Waals surface area contributed by atoms with Gasteiger partial charge in [-0.1, -0.05) is 0 Å².